The molecule has 160 valence electrons. The number of nitrogens with zero attached hydrogens (tertiary/aromatic N) is 4. The number of methoxy groups -OCH3 is 1. The predicted octanol–water partition coefficient (Wildman–Crippen LogP) is -1.71. The normalized spacial score (nSPS) is 19.0. The standard InChI is InChI=1S/C15H17N7O7S/c1-28-15(27)19-6-3-21-4-7(12(24)22(21)10(6)13(25)26)17-11(23)9(20-29-2)8-5-30-14(16)18-8/h5,7H,3-4H2,1-2H3,(H2,16,18)(H,17,23)(H,19,27)(H,25,26)/b20-9-/t7-/m0/s1. The van der Waals surface area contributed by atoms with E-state index in [1.54, 1.807) is 0 Å². The molecule has 0 bridgehead atoms. The third-order valence-electron chi connectivity index (χ3n) is 4.13. The molecule has 1 atom stereocenters. The number of carboxylic acids is 1. The van der Waals surface area contributed by atoms with Gasteiger partial charge in [0.2, 0.25) is 0 Å². The molecule has 5 N–H and O–H groups in total. The van der Waals surface area contributed by atoms with Gasteiger partial charge in [0.05, 0.1) is 19.4 Å². The summed E-state index contributed by atoms with van der Waals surface area (Å²) in [7, 11) is 2.36. The van der Waals surface area contributed by atoms with Crippen molar-refractivity contribution in [1.29, 1.82) is 0 Å². The summed E-state index contributed by atoms with van der Waals surface area (Å²) in [4.78, 5) is 57.2. The van der Waals surface area contributed by atoms with Crippen molar-refractivity contribution in [2.45, 2.75) is 6.04 Å². The number of carbonyl (C=O) groups excluding carboxylic acids is 3. The first-order valence-corrected chi connectivity index (χ1v) is 9.18. The molecule has 0 unspecified atom stereocenters. The van der Waals surface area contributed by atoms with Crippen molar-refractivity contribution in [3.8, 4) is 0 Å². The first-order valence-electron chi connectivity index (χ1n) is 8.30. The van der Waals surface area contributed by atoms with E-state index in [1.807, 2.05) is 0 Å². The molecule has 3 amide bonds. The minimum atomic E-state index is -1.43. The number of oxime groups is 1. The molecule has 2 aliphatic rings. The molecule has 3 rings (SSSR count). The van der Waals surface area contributed by atoms with E-state index in [1.165, 1.54) is 17.5 Å². The molecule has 0 aliphatic carbocycles. The lowest BCUT2D eigenvalue weighted by atomic mass is 10.2. The van der Waals surface area contributed by atoms with Gasteiger partial charge in [0.1, 0.15) is 18.8 Å². The van der Waals surface area contributed by atoms with Crippen LogP contribution in [0.25, 0.3) is 0 Å². The number of nitrogens with one attached hydrogen (secondary N) is 2. The fourth-order valence-electron chi connectivity index (χ4n) is 2.95. The number of aromatic nitrogens is 1. The number of ether oxygens (including phenoxy) is 1. The Balaban J connectivity index is 1.79. The fourth-order valence-corrected chi connectivity index (χ4v) is 3.50. The quantitative estimate of drug-likeness (QED) is 0.293. The van der Waals surface area contributed by atoms with Crippen LogP contribution in [0.2, 0.25) is 0 Å². The van der Waals surface area contributed by atoms with E-state index in [0.29, 0.717) is 0 Å². The largest absolute Gasteiger partial charge is 0.476 e. The smallest absolute Gasteiger partial charge is 0.411 e. The third-order valence-corrected chi connectivity index (χ3v) is 4.80. The van der Waals surface area contributed by atoms with Gasteiger partial charge in [-0.25, -0.2) is 24.6 Å². The van der Waals surface area contributed by atoms with Gasteiger partial charge >= 0.3 is 12.1 Å². The van der Waals surface area contributed by atoms with Gasteiger partial charge in [0, 0.05) is 11.9 Å². The van der Waals surface area contributed by atoms with Crippen molar-refractivity contribution in [1.82, 2.24) is 25.6 Å². The summed E-state index contributed by atoms with van der Waals surface area (Å²) in [6, 6.07) is -1.07. The summed E-state index contributed by atoms with van der Waals surface area (Å²) in [6.07, 6.45) is -0.869. The first kappa shape index (κ1) is 21.0. The highest BCUT2D eigenvalue weighted by molar-refractivity contribution is 7.13. The van der Waals surface area contributed by atoms with E-state index < -0.39 is 35.6 Å². The second-order valence-corrected chi connectivity index (χ2v) is 6.86. The van der Waals surface area contributed by atoms with Crippen LogP contribution in [-0.4, -0.2) is 83.0 Å². The van der Waals surface area contributed by atoms with Crippen molar-refractivity contribution < 1.29 is 33.9 Å². The summed E-state index contributed by atoms with van der Waals surface area (Å²) in [6.45, 7) is -0.107. The molecule has 0 aromatic carbocycles. The average Bonchev–Trinajstić information content (AvgIpc) is 3.35. The molecule has 0 radical (unpaired) electrons. The minimum absolute atomic E-state index is 0.00735. The third kappa shape index (κ3) is 3.87. The number of amides is 3. The number of carbonyl (C=O) groups is 4. The van der Waals surface area contributed by atoms with Crippen LogP contribution in [0.3, 0.4) is 0 Å². The molecule has 1 aromatic rings. The van der Waals surface area contributed by atoms with Crippen LogP contribution in [0.5, 0.6) is 0 Å². The molecule has 15 heteroatoms. The summed E-state index contributed by atoms with van der Waals surface area (Å²) >= 11 is 1.09. The molecular weight excluding hydrogens is 422 g/mol. The maximum atomic E-state index is 12.8. The molecule has 1 aromatic heterocycles. The van der Waals surface area contributed by atoms with Crippen molar-refractivity contribution in [3.05, 3.63) is 22.5 Å². The fraction of sp³-hybridized carbons (Fsp3) is 0.333. The van der Waals surface area contributed by atoms with E-state index in [0.717, 1.165) is 23.5 Å². The number of rotatable bonds is 6. The Bertz CT molecular complexity index is 972. The SMILES string of the molecule is CO/N=C(\C(=O)N[C@H]1CN2CC(NC(=O)OC)=C(C(=O)O)N2C1=O)c1csc(N)n1. The number of thiazole rings is 1. The van der Waals surface area contributed by atoms with Crippen molar-refractivity contribution in [2.24, 2.45) is 5.16 Å². The van der Waals surface area contributed by atoms with Gasteiger partial charge in [-0.2, -0.15) is 0 Å². The number of alkyl carbamates (subject to hydrolysis) is 1. The number of nitrogen functional groups attached to an aromatic ring is 1. The Morgan fingerprint density at radius 1 is 1.40 bits per heavy atom. The first-order chi connectivity index (χ1) is 14.3. The minimum Gasteiger partial charge on any atom is -0.476 e. The van der Waals surface area contributed by atoms with Crippen LogP contribution in [0, 0.1) is 0 Å². The van der Waals surface area contributed by atoms with Crippen molar-refractivity contribution in [3.63, 3.8) is 0 Å². The average molecular weight is 439 g/mol. The highest BCUT2D eigenvalue weighted by Gasteiger charge is 2.48. The molecule has 1 fully saturated rings. The highest BCUT2D eigenvalue weighted by atomic mass is 32.1. The summed E-state index contributed by atoms with van der Waals surface area (Å²) < 4.78 is 4.46. The Kier molecular flexibility index (Phi) is 5.84. The van der Waals surface area contributed by atoms with Gasteiger partial charge in [-0.05, 0) is 0 Å². The summed E-state index contributed by atoms with van der Waals surface area (Å²) in [5.41, 5.74) is 5.11. The van der Waals surface area contributed by atoms with Gasteiger partial charge in [-0.1, -0.05) is 5.16 Å². The molecule has 30 heavy (non-hydrogen) atoms. The zero-order valence-electron chi connectivity index (χ0n) is 15.7. The number of carboxylic acid groups (broad SMARTS) is 1. The topological polar surface area (TPSA) is 189 Å². The van der Waals surface area contributed by atoms with Crippen LogP contribution >= 0.6 is 11.3 Å². The number of nitrogens with two attached hydrogens (primary N) is 1. The monoisotopic (exact) mass is 439 g/mol. The van der Waals surface area contributed by atoms with Crippen LogP contribution in [0.1, 0.15) is 5.69 Å². The number of aliphatic carboxylic acids is 1. The summed E-state index contributed by atoms with van der Waals surface area (Å²) in [5, 5.41) is 21.9. The molecule has 2 aliphatic heterocycles. The molecule has 0 saturated carbocycles. The Labute approximate surface area is 172 Å². The highest BCUT2D eigenvalue weighted by Crippen LogP contribution is 2.28. The Morgan fingerprint density at radius 2 is 2.13 bits per heavy atom. The molecule has 14 nitrogen and oxygen atoms in total. The molecular formula is C15H17N7O7S. The number of hydrogen-bond acceptors (Lipinski definition) is 11. The van der Waals surface area contributed by atoms with Crippen molar-refractivity contribution in [2.75, 3.05) is 33.0 Å². The van der Waals surface area contributed by atoms with Gasteiger partial charge in [0.15, 0.2) is 16.5 Å². The van der Waals surface area contributed by atoms with E-state index in [9.17, 15) is 24.3 Å². The number of hydrazine groups is 1. The van der Waals surface area contributed by atoms with Crippen LogP contribution in [-0.2, 0) is 24.0 Å². The zero-order valence-corrected chi connectivity index (χ0v) is 16.6. The van der Waals surface area contributed by atoms with Crippen LogP contribution in [0.15, 0.2) is 21.9 Å². The van der Waals surface area contributed by atoms with Crippen molar-refractivity contribution >= 4 is 46.1 Å². The van der Waals surface area contributed by atoms with Gasteiger partial charge in [-0.15, -0.1) is 11.3 Å². The Morgan fingerprint density at radius 3 is 2.70 bits per heavy atom. The number of fused-ring (bicyclic) bond motifs is 1. The predicted molar refractivity (Wildman–Crippen MR) is 101 cm³/mol. The van der Waals surface area contributed by atoms with Gasteiger partial charge in [0.25, 0.3) is 11.8 Å². The maximum Gasteiger partial charge on any atom is 0.411 e. The van der Waals surface area contributed by atoms with E-state index in [-0.39, 0.29) is 35.3 Å². The second-order valence-electron chi connectivity index (χ2n) is 5.97. The van der Waals surface area contributed by atoms with E-state index in [2.05, 4.69) is 30.3 Å². The van der Waals surface area contributed by atoms with Gasteiger partial charge in [-0.3, -0.25) is 14.9 Å². The Hall–Kier alpha value is -3.72. The maximum absolute atomic E-state index is 12.8. The number of anilines is 1. The zero-order chi connectivity index (χ0) is 22.0. The number of hydrogen-bond donors (Lipinski definition) is 4. The molecule has 3 heterocycles. The molecule has 1 saturated heterocycles. The lowest BCUT2D eigenvalue weighted by Gasteiger charge is -2.18. The molecule has 0 spiro atoms. The van der Waals surface area contributed by atoms with E-state index in [4.69, 9.17) is 5.73 Å². The lowest BCUT2D eigenvalue weighted by Crippen LogP contribution is -2.46. The van der Waals surface area contributed by atoms with E-state index >= 15 is 0 Å². The second kappa shape index (κ2) is 8.34. The van der Waals surface area contributed by atoms with Crippen LogP contribution in [0.4, 0.5) is 9.93 Å². The lowest BCUT2D eigenvalue weighted by molar-refractivity contribution is -0.143. The van der Waals surface area contributed by atoms with Crippen LogP contribution < -0.4 is 16.4 Å². The summed E-state index contributed by atoms with van der Waals surface area (Å²) in [5.74, 6) is -2.88. The van der Waals surface area contributed by atoms with Gasteiger partial charge < -0.3 is 25.7 Å².